The van der Waals surface area contributed by atoms with E-state index in [-0.39, 0.29) is 12.5 Å². The third-order valence-corrected chi connectivity index (χ3v) is 5.42. The minimum Gasteiger partial charge on any atom is -0.484 e. The molecular weight excluding hydrogens is 404 g/mol. The number of carbonyl (C=O) groups excluding carboxylic acids is 1. The second-order valence-electron chi connectivity index (χ2n) is 7.08. The molecule has 30 heavy (non-hydrogen) atoms. The molecule has 1 amide bonds. The molecule has 0 bridgehead atoms. The number of ether oxygens (including phenoxy) is 2. The van der Waals surface area contributed by atoms with Crippen molar-refractivity contribution in [1.82, 2.24) is 19.7 Å². The average molecular weight is 427 g/mol. The van der Waals surface area contributed by atoms with Crippen molar-refractivity contribution < 1.29 is 14.3 Å². The number of para-hydroxylation sites is 1. The molecule has 2 aromatic carbocycles. The zero-order valence-electron chi connectivity index (χ0n) is 16.7. The lowest BCUT2D eigenvalue weighted by molar-refractivity contribution is -0.138. The maximum atomic E-state index is 13.3. The zero-order valence-corrected chi connectivity index (χ0v) is 17.5. The van der Waals surface area contributed by atoms with Crippen LogP contribution in [-0.4, -0.2) is 45.8 Å². The van der Waals surface area contributed by atoms with Crippen LogP contribution >= 0.6 is 11.6 Å². The Kier molecular flexibility index (Phi) is 6.30. The Hall–Kier alpha value is -2.90. The Labute approximate surface area is 180 Å². The van der Waals surface area contributed by atoms with E-state index in [1.54, 1.807) is 24.1 Å². The maximum absolute atomic E-state index is 13.3. The third-order valence-electron chi connectivity index (χ3n) is 5.11. The number of fused-ring (bicyclic) bond motifs is 1. The molecule has 0 aliphatic carbocycles. The molecule has 1 aromatic heterocycles. The van der Waals surface area contributed by atoms with Gasteiger partial charge in [-0.15, -0.1) is 10.2 Å². The highest BCUT2D eigenvalue weighted by Crippen LogP contribution is 2.28. The first-order valence-electron chi connectivity index (χ1n) is 9.79. The number of aromatic nitrogens is 3. The Morgan fingerprint density at radius 2 is 1.87 bits per heavy atom. The molecule has 0 saturated heterocycles. The Morgan fingerprint density at radius 1 is 1.10 bits per heavy atom. The molecule has 0 spiro atoms. The van der Waals surface area contributed by atoms with Crippen molar-refractivity contribution in [3.63, 3.8) is 0 Å². The SMILES string of the molecule is COCCN1Cc2nnc(COc3ccccc3Cl)n2[C@H](Cc2ccccc2)C1=O. The molecule has 0 fully saturated rings. The normalized spacial score (nSPS) is 15.9. The van der Waals surface area contributed by atoms with E-state index < -0.39 is 6.04 Å². The molecule has 156 valence electrons. The lowest BCUT2D eigenvalue weighted by Crippen LogP contribution is -2.45. The van der Waals surface area contributed by atoms with Gasteiger partial charge in [-0.1, -0.05) is 54.1 Å². The topological polar surface area (TPSA) is 69.5 Å². The van der Waals surface area contributed by atoms with E-state index in [0.29, 0.717) is 42.7 Å². The summed E-state index contributed by atoms with van der Waals surface area (Å²) in [5.74, 6) is 1.94. The van der Waals surface area contributed by atoms with Gasteiger partial charge in [0.05, 0.1) is 18.2 Å². The van der Waals surface area contributed by atoms with Crippen LogP contribution in [0.1, 0.15) is 23.3 Å². The summed E-state index contributed by atoms with van der Waals surface area (Å²) >= 11 is 6.19. The number of hydrogen-bond acceptors (Lipinski definition) is 5. The molecule has 1 atom stereocenters. The summed E-state index contributed by atoms with van der Waals surface area (Å²) in [6.07, 6.45) is 0.549. The Bertz CT molecular complexity index is 1010. The second-order valence-corrected chi connectivity index (χ2v) is 7.49. The van der Waals surface area contributed by atoms with Crippen LogP contribution in [0.3, 0.4) is 0 Å². The fourth-order valence-electron chi connectivity index (χ4n) is 3.61. The van der Waals surface area contributed by atoms with E-state index in [1.807, 2.05) is 47.0 Å². The van der Waals surface area contributed by atoms with Gasteiger partial charge in [-0.3, -0.25) is 9.36 Å². The smallest absolute Gasteiger partial charge is 0.246 e. The van der Waals surface area contributed by atoms with E-state index in [2.05, 4.69) is 10.2 Å². The number of rotatable bonds is 8. The second kappa shape index (κ2) is 9.28. The van der Waals surface area contributed by atoms with E-state index in [9.17, 15) is 4.79 Å². The number of amides is 1. The molecule has 0 radical (unpaired) electrons. The molecule has 7 nitrogen and oxygen atoms in total. The number of carbonyl (C=O) groups is 1. The Balaban J connectivity index is 1.62. The van der Waals surface area contributed by atoms with Crippen LogP contribution in [0, 0.1) is 0 Å². The van der Waals surface area contributed by atoms with Gasteiger partial charge in [0.2, 0.25) is 5.91 Å². The molecule has 3 aromatic rings. The van der Waals surface area contributed by atoms with Crippen molar-refractivity contribution in [2.75, 3.05) is 20.3 Å². The molecule has 1 aliphatic heterocycles. The van der Waals surface area contributed by atoms with Gasteiger partial charge < -0.3 is 14.4 Å². The molecule has 2 heterocycles. The van der Waals surface area contributed by atoms with Gasteiger partial charge in [0.15, 0.2) is 11.6 Å². The first-order chi connectivity index (χ1) is 14.7. The van der Waals surface area contributed by atoms with Crippen LogP contribution in [0.4, 0.5) is 0 Å². The first kappa shape index (κ1) is 20.4. The zero-order chi connectivity index (χ0) is 20.9. The summed E-state index contributed by atoms with van der Waals surface area (Å²) in [4.78, 5) is 15.1. The highest BCUT2D eigenvalue weighted by atomic mass is 35.5. The number of halogens is 1. The fraction of sp³-hybridized carbons (Fsp3) is 0.318. The minimum absolute atomic E-state index is 0.0298. The van der Waals surface area contributed by atoms with Gasteiger partial charge in [0.25, 0.3) is 0 Å². The lowest BCUT2D eigenvalue weighted by Gasteiger charge is -2.33. The molecule has 4 rings (SSSR count). The molecule has 8 heteroatoms. The summed E-state index contributed by atoms with van der Waals surface area (Å²) < 4.78 is 13.0. The number of methoxy groups -OCH3 is 1. The van der Waals surface area contributed by atoms with E-state index in [1.165, 1.54) is 0 Å². The van der Waals surface area contributed by atoms with Crippen LogP contribution < -0.4 is 4.74 Å². The van der Waals surface area contributed by atoms with Crippen LogP contribution in [0.25, 0.3) is 0 Å². The van der Waals surface area contributed by atoms with Crippen LogP contribution in [0.2, 0.25) is 5.02 Å². The van der Waals surface area contributed by atoms with Gasteiger partial charge in [-0.2, -0.15) is 0 Å². The van der Waals surface area contributed by atoms with Crippen molar-refractivity contribution in [1.29, 1.82) is 0 Å². The standard InChI is InChI=1S/C22H23ClN4O3/c1-29-12-11-26-14-20-24-25-21(15-30-19-10-6-5-9-17(19)23)27(20)18(22(26)28)13-16-7-3-2-4-8-16/h2-10,18H,11-15H2,1H3/t18-/m1/s1. The summed E-state index contributed by atoms with van der Waals surface area (Å²) in [6, 6.07) is 16.8. The van der Waals surface area contributed by atoms with E-state index >= 15 is 0 Å². The average Bonchev–Trinajstić information content (AvgIpc) is 3.17. The van der Waals surface area contributed by atoms with Crippen molar-refractivity contribution in [2.24, 2.45) is 0 Å². The molecule has 0 unspecified atom stereocenters. The monoisotopic (exact) mass is 426 g/mol. The van der Waals surface area contributed by atoms with E-state index in [4.69, 9.17) is 21.1 Å². The van der Waals surface area contributed by atoms with E-state index in [0.717, 1.165) is 11.4 Å². The van der Waals surface area contributed by atoms with Crippen LogP contribution in [-0.2, 0) is 29.1 Å². The molecule has 1 aliphatic rings. The predicted molar refractivity (Wildman–Crippen MR) is 112 cm³/mol. The van der Waals surface area contributed by atoms with Gasteiger partial charge in [-0.25, -0.2) is 0 Å². The summed E-state index contributed by atoms with van der Waals surface area (Å²) in [5, 5.41) is 9.19. The summed E-state index contributed by atoms with van der Waals surface area (Å²) in [6.45, 7) is 1.55. The largest absolute Gasteiger partial charge is 0.484 e. The number of hydrogen-bond donors (Lipinski definition) is 0. The first-order valence-corrected chi connectivity index (χ1v) is 10.2. The molecular formula is C22H23ClN4O3. The van der Waals surface area contributed by atoms with Gasteiger partial charge in [0.1, 0.15) is 18.4 Å². The number of benzene rings is 2. The fourth-order valence-corrected chi connectivity index (χ4v) is 3.80. The van der Waals surface area contributed by atoms with Crippen molar-refractivity contribution in [3.05, 3.63) is 76.8 Å². The molecule has 0 saturated carbocycles. The quantitative estimate of drug-likeness (QED) is 0.553. The van der Waals surface area contributed by atoms with Crippen molar-refractivity contribution in [2.45, 2.75) is 25.6 Å². The van der Waals surface area contributed by atoms with Gasteiger partial charge in [0, 0.05) is 20.1 Å². The predicted octanol–water partition coefficient (Wildman–Crippen LogP) is 3.28. The number of nitrogens with zero attached hydrogens (tertiary/aromatic N) is 4. The highest BCUT2D eigenvalue weighted by Gasteiger charge is 2.36. The van der Waals surface area contributed by atoms with Gasteiger partial charge in [-0.05, 0) is 17.7 Å². The van der Waals surface area contributed by atoms with Crippen molar-refractivity contribution in [3.8, 4) is 5.75 Å². The minimum atomic E-state index is -0.437. The summed E-state index contributed by atoms with van der Waals surface area (Å²) in [5.41, 5.74) is 1.07. The lowest BCUT2D eigenvalue weighted by atomic mass is 10.0. The summed E-state index contributed by atoms with van der Waals surface area (Å²) in [7, 11) is 1.63. The Morgan fingerprint density at radius 3 is 2.63 bits per heavy atom. The highest BCUT2D eigenvalue weighted by molar-refractivity contribution is 6.32. The maximum Gasteiger partial charge on any atom is 0.246 e. The van der Waals surface area contributed by atoms with Gasteiger partial charge >= 0.3 is 0 Å². The van der Waals surface area contributed by atoms with Crippen LogP contribution in [0.5, 0.6) is 5.75 Å². The van der Waals surface area contributed by atoms with Crippen molar-refractivity contribution >= 4 is 17.5 Å². The van der Waals surface area contributed by atoms with Crippen LogP contribution in [0.15, 0.2) is 54.6 Å². The molecule has 0 N–H and O–H groups in total. The third kappa shape index (κ3) is 4.32.